The van der Waals surface area contributed by atoms with Gasteiger partial charge in [-0.25, -0.2) is 0 Å². The van der Waals surface area contributed by atoms with Crippen LogP contribution in [0.25, 0.3) is 0 Å². The summed E-state index contributed by atoms with van der Waals surface area (Å²) in [4.78, 5) is 152. The Morgan fingerprint density at radius 3 is 1.35 bits per heavy atom. The Balaban J connectivity index is 3.83. The first kappa shape index (κ1) is 72.9. The van der Waals surface area contributed by atoms with E-state index in [1.807, 2.05) is 0 Å². The molecule has 1 aliphatic rings. The van der Waals surface area contributed by atoms with Crippen molar-refractivity contribution in [3.05, 3.63) is 0 Å². The van der Waals surface area contributed by atoms with Gasteiger partial charge in [-0.2, -0.15) is 0 Å². The number of aliphatic hydroxyl groups is 2. The number of rotatable bonds is 28. The number of nitrogens with one attached hydrogen (secondary N) is 11. The van der Waals surface area contributed by atoms with Gasteiger partial charge in [0.15, 0.2) is 0 Å². The van der Waals surface area contributed by atoms with Gasteiger partial charge in [0.25, 0.3) is 0 Å². The van der Waals surface area contributed by atoms with Crippen LogP contribution in [0.1, 0.15) is 132 Å². The minimum atomic E-state index is -1.69. The molecule has 29 heteroatoms. The number of hydrogen-bond acceptors (Lipinski definition) is 18. The van der Waals surface area contributed by atoms with Gasteiger partial charge in [0.05, 0.1) is 12.2 Å². The molecule has 1 heterocycles. The average Bonchev–Trinajstić information content (AvgIpc) is 3.41. The van der Waals surface area contributed by atoms with E-state index in [4.69, 9.17) is 28.7 Å². The summed E-state index contributed by atoms with van der Waals surface area (Å²) in [5.74, 6) is -9.55. The third-order valence-electron chi connectivity index (χ3n) is 13.1. The molecule has 0 spiro atoms. The molecule has 11 amide bonds. The minimum absolute atomic E-state index is 0.0139. The lowest BCUT2D eigenvalue weighted by molar-refractivity contribution is -0.137. The molecule has 0 unspecified atom stereocenters. The largest absolute Gasteiger partial charge is 0.391 e. The second-order valence-corrected chi connectivity index (χ2v) is 21.9. The van der Waals surface area contributed by atoms with E-state index in [1.54, 1.807) is 27.7 Å². The van der Waals surface area contributed by atoms with Crippen molar-refractivity contribution in [3.8, 4) is 0 Å². The lowest BCUT2D eigenvalue weighted by Crippen LogP contribution is -2.62. The third-order valence-corrected chi connectivity index (χ3v) is 13.1. The molecule has 1 saturated heterocycles. The number of unbranched alkanes of at least 4 members (excludes halogenated alkanes) is 1. The zero-order valence-electron chi connectivity index (χ0n) is 48.7. The van der Waals surface area contributed by atoms with Gasteiger partial charge in [-0.1, -0.05) is 54.4 Å². The van der Waals surface area contributed by atoms with E-state index >= 15 is 0 Å². The highest BCUT2D eigenvalue weighted by Crippen LogP contribution is 2.13. The first-order valence-electron chi connectivity index (χ1n) is 28.3. The molecule has 1 rings (SSSR count). The maximum absolute atomic E-state index is 14.4. The highest BCUT2D eigenvalue weighted by atomic mass is 16.3. The second-order valence-electron chi connectivity index (χ2n) is 21.9. The van der Waals surface area contributed by atoms with Crippen molar-refractivity contribution < 1.29 is 63.0 Å². The quantitative estimate of drug-likeness (QED) is 0.0325. The van der Waals surface area contributed by atoms with Gasteiger partial charge >= 0.3 is 0 Å². The molecule has 0 aromatic heterocycles. The molecule has 1 aliphatic heterocycles. The van der Waals surface area contributed by atoms with E-state index in [0.29, 0.717) is 12.3 Å². The van der Waals surface area contributed by atoms with Crippen LogP contribution in [0.15, 0.2) is 0 Å². The number of carbonyl (C=O) groups is 11. The Morgan fingerprint density at radius 1 is 0.494 bits per heavy atom. The smallest absolute Gasteiger partial charge is 0.245 e. The normalized spacial score (nSPS) is 23.2. The van der Waals surface area contributed by atoms with E-state index < -0.39 is 151 Å². The van der Waals surface area contributed by atoms with Crippen LogP contribution in [0.3, 0.4) is 0 Å². The zero-order chi connectivity index (χ0) is 61.5. The van der Waals surface area contributed by atoms with Crippen LogP contribution in [0, 0.1) is 17.8 Å². The monoisotopic (exact) mass is 1150 g/mol. The molecule has 23 N–H and O–H groups in total. The molecule has 29 nitrogen and oxygen atoms in total. The highest BCUT2D eigenvalue weighted by Gasteiger charge is 2.37. The molecule has 81 heavy (non-hydrogen) atoms. The van der Waals surface area contributed by atoms with Gasteiger partial charge in [-0.05, 0) is 122 Å². The minimum Gasteiger partial charge on any atom is -0.391 e. The van der Waals surface area contributed by atoms with Crippen LogP contribution in [-0.4, -0.2) is 187 Å². The molecule has 0 aromatic rings. The predicted molar refractivity (Wildman–Crippen MR) is 301 cm³/mol. The van der Waals surface area contributed by atoms with Gasteiger partial charge in [-0.3, -0.25) is 52.7 Å². The molecule has 0 aromatic carbocycles. The van der Waals surface area contributed by atoms with Crippen LogP contribution in [0.4, 0.5) is 0 Å². The Kier molecular flexibility index (Phi) is 34.7. The molecule has 12 atom stereocenters. The first-order chi connectivity index (χ1) is 38.1. The van der Waals surface area contributed by atoms with E-state index in [2.05, 4.69) is 72.3 Å². The molecular weight excluding hydrogens is 1060 g/mol. The van der Waals surface area contributed by atoms with E-state index in [0.717, 1.165) is 12.8 Å². The summed E-state index contributed by atoms with van der Waals surface area (Å²) in [5.41, 5.74) is 29.2. The van der Waals surface area contributed by atoms with Gasteiger partial charge in [0, 0.05) is 13.0 Å². The number of amides is 11. The second kappa shape index (κ2) is 38.6. The average molecular weight is 1160 g/mol. The van der Waals surface area contributed by atoms with Crippen molar-refractivity contribution >= 4 is 65.0 Å². The fraction of sp³-hybridized carbons (Fsp3) is 0.788. The maximum Gasteiger partial charge on any atom is 0.245 e. The molecule has 0 radical (unpaired) electrons. The lowest BCUT2D eigenvalue weighted by Gasteiger charge is -2.29. The number of carbonyl (C=O) groups excluding carboxylic acids is 11. The summed E-state index contributed by atoms with van der Waals surface area (Å²) >= 11 is 0. The van der Waals surface area contributed by atoms with E-state index in [-0.39, 0.29) is 95.9 Å². The van der Waals surface area contributed by atoms with Gasteiger partial charge in [0.1, 0.15) is 60.4 Å². The van der Waals surface area contributed by atoms with Crippen molar-refractivity contribution in [1.82, 2.24) is 58.5 Å². The fourth-order valence-corrected chi connectivity index (χ4v) is 8.62. The molecule has 0 aliphatic carbocycles. The van der Waals surface area contributed by atoms with Gasteiger partial charge < -0.3 is 97.4 Å². The number of aliphatic hydroxyl groups excluding tert-OH is 2. The summed E-state index contributed by atoms with van der Waals surface area (Å²) in [6.45, 7) is 12.6. The highest BCUT2D eigenvalue weighted by molar-refractivity contribution is 5.99. The molecule has 0 bridgehead atoms. The predicted octanol–water partition coefficient (Wildman–Crippen LogP) is -5.83. The van der Waals surface area contributed by atoms with Crippen LogP contribution in [-0.2, 0) is 52.7 Å². The maximum atomic E-state index is 14.4. The Morgan fingerprint density at radius 2 is 0.926 bits per heavy atom. The lowest BCUT2D eigenvalue weighted by atomic mass is 9.99. The van der Waals surface area contributed by atoms with Gasteiger partial charge in [0.2, 0.25) is 65.0 Å². The summed E-state index contributed by atoms with van der Waals surface area (Å²) in [6.07, 6.45) is -1.81. The van der Waals surface area contributed by atoms with Crippen molar-refractivity contribution in [2.24, 2.45) is 46.4 Å². The van der Waals surface area contributed by atoms with E-state index in [9.17, 15) is 63.0 Å². The summed E-state index contributed by atoms with van der Waals surface area (Å²) in [6, 6.07) is -14.5. The Bertz CT molecular complexity index is 2050. The topological polar surface area (TPSA) is 491 Å². The van der Waals surface area contributed by atoms with Gasteiger partial charge in [-0.15, -0.1) is 0 Å². The summed E-state index contributed by atoms with van der Waals surface area (Å²) in [7, 11) is 0. The van der Waals surface area contributed by atoms with Crippen molar-refractivity contribution in [2.45, 2.75) is 205 Å². The van der Waals surface area contributed by atoms with Crippen LogP contribution in [0.2, 0.25) is 0 Å². The van der Waals surface area contributed by atoms with Crippen LogP contribution >= 0.6 is 0 Å². The third kappa shape index (κ3) is 27.5. The molecule has 0 saturated carbocycles. The summed E-state index contributed by atoms with van der Waals surface area (Å²) in [5, 5.41) is 49.5. The first-order valence-corrected chi connectivity index (χ1v) is 28.3. The van der Waals surface area contributed by atoms with Crippen molar-refractivity contribution in [3.63, 3.8) is 0 Å². The van der Waals surface area contributed by atoms with Crippen LogP contribution < -0.4 is 87.2 Å². The standard InChI is InChI=1S/C52H98N16O13/c1-27(2)11-9-10-12-40(71)59-32(13-19-53)47(76)68-42(31(8)70)52(81)64-35(16-22-56)44(73)63-37-18-24-58-51(80)41(30(7)69)67-48(77)36(17-23-57)61-43(72)33(14-20-54)62-49(78)38(25-28(3)4)66-50(79)39(26-29(5)6)65-45(74)34(15-21-55)60-46(37)75/h27-39,41-42,69-70H,9-26,53-57H2,1-8H3,(H,58,80)(H,59,71)(H,60,75)(H,61,72)(H,62,78)(H,63,73)(H,64,81)(H,65,74)(H,66,79)(H,67,77)(H,68,76)/t30-,31-,32+,33-,34+,35+,36+,37-,38+,39-,41+,42+/m1/s1. The van der Waals surface area contributed by atoms with E-state index in [1.165, 1.54) is 13.8 Å². The number of hydrogen-bond donors (Lipinski definition) is 18. The molecule has 464 valence electrons. The zero-order valence-corrected chi connectivity index (χ0v) is 48.7. The Hall–Kier alpha value is -6.11. The van der Waals surface area contributed by atoms with Crippen molar-refractivity contribution in [2.75, 3.05) is 39.3 Å². The number of nitrogens with two attached hydrogens (primary N) is 5. The van der Waals surface area contributed by atoms with Crippen molar-refractivity contribution in [1.29, 1.82) is 0 Å². The SMILES string of the molecule is CC(C)CCCCC(=O)N[C@@H](CCN)C(=O)N[C@H](C(=O)N[C@@H](CCN)C(=O)N[C@@H]1CCNC(=O)[C@H]([C@@H](C)O)NC(=O)[C@H](CCN)NC(=O)[C@@H](CCN)NC(=O)[C@H](CC(C)C)NC(=O)[C@@H](CC(C)C)NC(=O)[C@H](CCN)NC1=O)[C@@H](C)O. The Labute approximate surface area is 475 Å². The molecular formula is C52H98N16O13. The molecule has 1 fully saturated rings. The van der Waals surface area contributed by atoms with Crippen LogP contribution in [0.5, 0.6) is 0 Å². The fourth-order valence-electron chi connectivity index (χ4n) is 8.62. The summed E-state index contributed by atoms with van der Waals surface area (Å²) < 4.78 is 0.